The molecule has 108 valence electrons. The summed E-state index contributed by atoms with van der Waals surface area (Å²) < 4.78 is 1.77. The lowest BCUT2D eigenvalue weighted by molar-refractivity contribution is 0.109. The Balaban J connectivity index is 2.20. The molecule has 1 heterocycles. The van der Waals surface area contributed by atoms with E-state index in [1.54, 1.807) is 4.68 Å². The monoisotopic (exact) mass is 274 g/mol. The summed E-state index contributed by atoms with van der Waals surface area (Å²) in [7, 11) is 1.88. The highest BCUT2D eigenvalue weighted by Gasteiger charge is 2.30. The SMILES string of the molecule is Cc1cccc(C(CO)(CO)CCc2cnn(C)c2)c1. The van der Waals surface area contributed by atoms with Crippen molar-refractivity contribution in [2.75, 3.05) is 13.2 Å². The van der Waals surface area contributed by atoms with Gasteiger partial charge >= 0.3 is 0 Å². The van der Waals surface area contributed by atoms with Gasteiger partial charge in [-0.15, -0.1) is 0 Å². The summed E-state index contributed by atoms with van der Waals surface area (Å²) in [5.74, 6) is 0. The van der Waals surface area contributed by atoms with E-state index in [1.165, 1.54) is 0 Å². The van der Waals surface area contributed by atoms with Crippen LogP contribution in [0.2, 0.25) is 0 Å². The second kappa shape index (κ2) is 6.20. The van der Waals surface area contributed by atoms with Crippen LogP contribution in [0.15, 0.2) is 36.7 Å². The maximum absolute atomic E-state index is 9.82. The minimum atomic E-state index is -0.595. The summed E-state index contributed by atoms with van der Waals surface area (Å²) in [4.78, 5) is 0. The van der Waals surface area contributed by atoms with Crippen LogP contribution in [0.25, 0.3) is 0 Å². The molecule has 4 nitrogen and oxygen atoms in total. The van der Waals surface area contributed by atoms with Gasteiger partial charge in [-0.25, -0.2) is 0 Å². The number of nitrogens with zero attached hydrogens (tertiary/aromatic N) is 2. The van der Waals surface area contributed by atoms with E-state index in [2.05, 4.69) is 5.10 Å². The minimum Gasteiger partial charge on any atom is -0.395 e. The molecule has 0 aliphatic rings. The molecule has 2 N–H and O–H groups in total. The summed E-state index contributed by atoms with van der Waals surface area (Å²) in [5.41, 5.74) is 2.65. The zero-order valence-electron chi connectivity index (χ0n) is 12.1. The fourth-order valence-corrected chi connectivity index (χ4v) is 2.49. The average molecular weight is 274 g/mol. The van der Waals surface area contributed by atoms with E-state index in [0.29, 0.717) is 6.42 Å². The van der Waals surface area contributed by atoms with Crippen LogP contribution in [0.3, 0.4) is 0 Å². The van der Waals surface area contributed by atoms with E-state index in [-0.39, 0.29) is 13.2 Å². The normalized spacial score (nSPS) is 11.8. The van der Waals surface area contributed by atoms with Crippen molar-refractivity contribution < 1.29 is 10.2 Å². The van der Waals surface area contributed by atoms with Crippen molar-refractivity contribution in [2.24, 2.45) is 7.05 Å². The van der Waals surface area contributed by atoms with Crippen LogP contribution in [-0.2, 0) is 18.9 Å². The van der Waals surface area contributed by atoms with Crippen molar-refractivity contribution >= 4 is 0 Å². The maximum atomic E-state index is 9.82. The Hall–Kier alpha value is -1.65. The number of aromatic nitrogens is 2. The molecule has 0 amide bonds. The quantitative estimate of drug-likeness (QED) is 0.841. The number of hydrogen-bond acceptors (Lipinski definition) is 3. The molecule has 0 saturated carbocycles. The van der Waals surface area contributed by atoms with Gasteiger partial charge in [0.05, 0.1) is 19.4 Å². The number of benzene rings is 1. The van der Waals surface area contributed by atoms with Crippen LogP contribution >= 0.6 is 0 Å². The molecule has 2 rings (SSSR count). The smallest absolute Gasteiger partial charge is 0.0550 e. The molecule has 0 saturated heterocycles. The maximum Gasteiger partial charge on any atom is 0.0550 e. The molecule has 0 spiro atoms. The minimum absolute atomic E-state index is 0.0623. The van der Waals surface area contributed by atoms with Crippen LogP contribution in [0.5, 0.6) is 0 Å². The van der Waals surface area contributed by atoms with E-state index in [0.717, 1.165) is 23.1 Å². The molecule has 2 aromatic rings. The number of aliphatic hydroxyl groups excluding tert-OH is 2. The van der Waals surface area contributed by atoms with Gasteiger partial charge in [0.1, 0.15) is 0 Å². The van der Waals surface area contributed by atoms with Crippen molar-refractivity contribution in [2.45, 2.75) is 25.2 Å². The summed E-state index contributed by atoms with van der Waals surface area (Å²) in [6.45, 7) is 1.89. The highest BCUT2D eigenvalue weighted by atomic mass is 16.3. The van der Waals surface area contributed by atoms with Crippen LogP contribution in [0, 0.1) is 6.92 Å². The van der Waals surface area contributed by atoms with Gasteiger partial charge in [-0.2, -0.15) is 5.10 Å². The Labute approximate surface area is 119 Å². The molecule has 0 fully saturated rings. The standard InChI is InChI=1S/C16H22N2O2/c1-13-4-3-5-15(8-13)16(11-19,12-20)7-6-14-9-17-18(2)10-14/h3-5,8-10,19-20H,6-7,11-12H2,1-2H3. The van der Waals surface area contributed by atoms with Crippen LogP contribution in [-0.4, -0.2) is 33.2 Å². The molecule has 0 unspecified atom stereocenters. The molecule has 4 heteroatoms. The fraction of sp³-hybridized carbons (Fsp3) is 0.438. The summed E-state index contributed by atoms with van der Waals surface area (Å²) >= 11 is 0. The van der Waals surface area contributed by atoms with Crippen LogP contribution < -0.4 is 0 Å². The Morgan fingerprint density at radius 2 is 2.00 bits per heavy atom. The highest BCUT2D eigenvalue weighted by Crippen LogP contribution is 2.29. The van der Waals surface area contributed by atoms with Gasteiger partial charge in [0.25, 0.3) is 0 Å². The second-order valence-electron chi connectivity index (χ2n) is 5.49. The van der Waals surface area contributed by atoms with Crippen molar-refractivity contribution in [3.05, 3.63) is 53.3 Å². The van der Waals surface area contributed by atoms with Gasteiger partial charge in [0, 0.05) is 18.7 Å². The molecule has 0 radical (unpaired) electrons. The topological polar surface area (TPSA) is 58.3 Å². The van der Waals surface area contributed by atoms with E-state index >= 15 is 0 Å². The Morgan fingerprint density at radius 3 is 2.55 bits per heavy atom. The molecular formula is C16H22N2O2. The number of hydrogen-bond donors (Lipinski definition) is 2. The van der Waals surface area contributed by atoms with Gasteiger partial charge in [-0.05, 0) is 30.9 Å². The zero-order valence-corrected chi connectivity index (χ0v) is 12.1. The Morgan fingerprint density at radius 1 is 1.25 bits per heavy atom. The molecule has 1 aromatic heterocycles. The summed E-state index contributed by atoms with van der Waals surface area (Å²) in [6.07, 6.45) is 5.27. The molecule has 0 bridgehead atoms. The molecule has 20 heavy (non-hydrogen) atoms. The number of aryl methyl sites for hydroxylation is 3. The number of aliphatic hydroxyl groups is 2. The lowest BCUT2D eigenvalue weighted by Crippen LogP contribution is -2.35. The molecule has 1 aromatic carbocycles. The third-order valence-electron chi connectivity index (χ3n) is 3.89. The third kappa shape index (κ3) is 3.08. The van der Waals surface area contributed by atoms with Crippen molar-refractivity contribution in [3.63, 3.8) is 0 Å². The first-order chi connectivity index (χ1) is 9.59. The highest BCUT2D eigenvalue weighted by molar-refractivity contribution is 5.30. The van der Waals surface area contributed by atoms with Gasteiger partial charge < -0.3 is 10.2 Å². The van der Waals surface area contributed by atoms with Crippen molar-refractivity contribution in [3.8, 4) is 0 Å². The van der Waals surface area contributed by atoms with Gasteiger partial charge in [0.15, 0.2) is 0 Å². The summed E-state index contributed by atoms with van der Waals surface area (Å²) in [6, 6.07) is 8.00. The summed E-state index contributed by atoms with van der Waals surface area (Å²) in [5, 5.41) is 23.8. The van der Waals surface area contributed by atoms with Crippen LogP contribution in [0.1, 0.15) is 23.1 Å². The van der Waals surface area contributed by atoms with Crippen molar-refractivity contribution in [1.29, 1.82) is 0 Å². The average Bonchev–Trinajstić information content (AvgIpc) is 2.86. The van der Waals surface area contributed by atoms with Crippen molar-refractivity contribution in [1.82, 2.24) is 9.78 Å². The van der Waals surface area contributed by atoms with Gasteiger partial charge in [-0.1, -0.05) is 29.8 Å². The Kier molecular flexibility index (Phi) is 4.57. The largest absolute Gasteiger partial charge is 0.395 e. The first-order valence-corrected chi connectivity index (χ1v) is 6.86. The third-order valence-corrected chi connectivity index (χ3v) is 3.89. The molecule has 0 atom stereocenters. The van der Waals surface area contributed by atoms with Crippen LogP contribution in [0.4, 0.5) is 0 Å². The molecule has 0 aliphatic heterocycles. The lowest BCUT2D eigenvalue weighted by atomic mass is 9.77. The zero-order chi connectivity index (χ0) is 14.6. The lowest BCUT2D eigenvalue weighted by Gasteiger charge is -2.30. The second-order valence-corrected chi connectivity index (χ2v) is 5.49. The number of rotatable bonds is 6. The van der Waals surface area contributed by atoms with Gasteiger partial charge in [0.2, 0.25) is 0 Å². The predicted molar refractivity (Wildman–Crippen MR) is 78.6 cm³/mol. The predicted octanol–water partition coefficient (Wildman–Crippen LogP) is 1.58. The Bertz CT molecular complexity index is 559. The molecular weight excluding hydrogens is 252 g/mol. The fourth-order valence-electron chi connectivity index (χ4n) is 2.49. The van der Waals surface area contributed by atoms with E-state index in [1.807, 2.05) is 50.6 Å². The van der Waals surface area contributed by atoms with E-state index < -0.39 is 5.41 Å². The molecule has 0 aliphatic carbocycles. The van der Waals surface area contributed by atoms with E-state index in [9.17, 15) is 10.2 Å². The first-order valence-electron chi connectivity index (χ1n) is 6.86. The first kappa shape index (κ1) is 14.8. The van der Waals surface area contributed by atoms with E-state index in [4.69, 9.17) is 0 Å². The van der Waals surface area contributed by atoms with Gasteiger partial charge in [-0.3, -0.25) is 4.68 Å².